The second-order valence-corrected chi connectivity index (χ2v) is 5.90. The molecular weight excluding hydrogens is 323 g/mol. The summed E-state index contributed by atoms with van der Waals surface area (Å²) in [6.45, 7) is 0. The lowest BCUT2D eigenvalue weighted by Gasteiger charge is -2.10. The van der Waals surface area contributed by atoms with Crippen LogP contribution in [0.3, 0.4) is 0 Å². The van der Waals surface area contributed by atoms with Crippen LogP contribution < -0.4 is 0 Å². The van der Waals surface area contributed by atoms with Gasteiger partial charge in [-0.3, -0.25) is 0 Å². The maximum Gasteiger partial charge on any atom is 0.517 e. The molecule has 0 aliphatic carbocycles. The van der Waals surface area contributed by atoms with Crippen molar-refractivity contribution in [1.29, 1.82) is 0 Å². The molecule has 0 fully saturated rings. The topological polar surface area (TPSA) is 39.1 Å². The predicted molar refractivity (Wildman–Crippen MR) is 60.0 cm³/mol. The summed E-state index contributed by atoms with van der Waals surface area (Å²) in [6, 6.07) is 5.70. The molecule has 0 aliphatic rings. The molecule has 0 bridgehead atoms. The lowest BCUT2D eigenvalue weighted by molar-refractivity contribution is -0.0445. The van der Waals surface area contributed by atoms with E-state index in [4.69, 9.17) is 0 Å². The van der Waals surface area contributed by atoms with Crippen LogP contribution in [0, 0.1) is 0 Å². The van der Waals surface area contributed by atoms with Crippen LogP contribution in [0.5, 0.6) is 0 Å². The van der Waals surface area contributed by atoms with Gasteiger partial charge in [-0.2, -0.15) is 21.6 Å². The molecule has 1 aromatic carbocycles. The van der Waals surface area contributed by atoms with Crippen molar-refractivity contribution in [2.45, 2.75) is 5.51 Å². The van der Waals surface area contributed by atoms with E-state index in [0.717, 1.165) is 6.20 Å². The molecule has 0 aliphatic heterocycles. The van der Waals surface area contributed by atoms with Crippen molar-refractivity contribution in [3.63, 3.8) is 0 Å². The normalized spacial score (nSPS) is 13.2. The zero-order valence-corrected chi connectivity index (χ0v) is 10.5. The van der Waals surface area contributed by atoms with Crippen molar-refractivity contribution in [2.24, 2.45) is 0 Å². The molecule has 92 valence electrons. The van der Waals surface area contributed by atoms with Gasteiger partial charge in [-0.05, 0) is 18.2 Å². The lowest BCUT2D eigenvalue weighted by Crippen LogP contribution is -2.29. The maximum atomic E-state index is 12.4. The molecule has 0 atom stereocenters. The third-order valence-corrected chi connectivity index (χ3v) is 4.31. The van der Waals surface area contributed by atoms with E-state index >= 15 is 0 Å². The Kier molecular flexibility index (Phi) is 2.74. The number of rotatable bonds is 1. The monoisotopic (exact) mass is 327 g/mol. The minimum Gasteiger partial charge on any atom is -0.237 e. The zero-order valence-electron chi connectivity index (χ0n) is 8.07. The second kappa shape index (κ2) is 3.74. The highest BCUT2D eigenvalue weighted by Crippen LogP contribution is 2.31. The fourth-order valence-corrected chi connectivity index (χ4v) is 2.78. The van der Waals surface area contributed by atoms with Crippen LogP contribution in [-0.4, -0.2) is 17.9 Å². The molecule has 0 saturated heterocycles. The summed E-state index contributed by atoms with van der Waals surface area (Å²) in [5, 5.41) is 0.403. The van der Waals surface area contributed by atoms with Gasteiger partial charge in [-0.1, -0.05) is 22.0 Å². The number of fused-ring (bicyclic) bond motifs is 1. The molecule has 8 heteroatoms. The smallest absolute Gasteiger partial charge is 0.237 e. The number of alkyl halides is 3. The molecule has 2 rings (SSSR count). The number of benzene rings is 1. The highest BCUT2D eigenvalue weighted by Gasteiger charge is 2.47. The molecule has 1 aromatic heterocycles. The molecule has 2 aromatic rings. The Morgan fingerprint density at radius 3 is 2.41 bits per heavy atom. The van der Waals surface area contributed by atoms with Crippen molar-refractivity contribution in [2.75, 3.05) is 0 Å². The fourth-order valence-electron chi connectivity index (χ4n) is 1.43. The zero-order chi connectivity index (χ0) is 12.8. The van der Waals surface area contributed by atoms with Crippen LogP contribution in [-0.2, 0) is 10.0 Å². The molecular formula is C9H5BrF3NO2S. The van der Waals surface area contributed by atoms with Gasteiger partial charge in [0.1, 0.15) is 0 Å². The molecule has 0 spiro atoms. The van der Waals surface area contributed by atoms with Crippen molar-refractivity contribution < 1.29 is 21.6 Å². The summed E-state index contributed by atoms with van der Waals surface area (Å²) in [4.78, 5) is 0. The first kappa shape index (κ1) is 12.4. The Morgan fingerprint density at radius 1 is 1.18 bits per heavy atom. The van der Waals surface area contributed by atoms with Gasteiger partial charge in [0.15, 0.2) is 0 Å². The van der Waals surface area contributed by atoms with E-state index in [-0.39, 0.29) is 9.49 Å². The van der Waals surface area contributed by atoms with Crippen LogP contribution in [0.15, 0.2) is 34.9 Å². The van der Waals surface area contributed by atoms with E-state index in [0.29, 0.717) is 9.86 Å². The summed E-state index contributed by atoms with van der Waals surface area (Å²) in [5.41, 5.74) is -5.34. The molecule has 0 saturated carbocycles. The van der Waals surface area contributed by atoms with Gasteiger partial charge in [0.05, 0.1) is 5.52 Å². The Labute approximate surface area is 103 Å². The van der Waals surface area contributed by atoms with Gasteiger partial charge < -0.3 is 0 Å². The summed E-state index contributed by atoms with van der Waals surface area (Å²) in [5.74, 6) is 0. The Hall–Kier alpha value is -1.02. The second-order valence-electron chi connectivity index (χ2n) is 3.23. The van der Waals surface area contributed by atoms with Gasteiger partial charge in [0.2, 0.25) is 0 Å². The van der Waals surface area contributed by atoms with Crippen molar-refractivity contribution in [1.82, 2.24) is 3.97 Å². The van der Waals surface area contributed by atoms with E-state index in [1.165, 1.54) is 18.2 Å². The fraction of sp³-hybridized carbons (Fsp3) is 0.111. The standard InChI is InChI=1S/C9H5BrF3NO2S/c10-7-2-1-3-8-6(7)4-5-14(8)17(15,16)9(11,12)13/h1-5H. The maximum absolute atomic E-state index is 12.4. The first-order chi connectivity index (χ1) is 7.75. The highest BCUT2D eigenvalue weighted by atomic mass is 79.9. The first-order valence-corrected chi connectivity index (χ1v) is 6.56. The van der Waals surface area contributed by atoms with E-state index in [1.807, 2.05) is 0 Å². The molecule has 0 unspecified atom stereocenters. The average molecular weight is 328 g/mol. The van der Waals surface area contributed by atoms with Gasteiger partial charge in [0, 0.05) is 16.1 Å². The molecule has 17 heavy (non-hydrogen) atoms. The molecule has 0 amide bonds. The number of hydrogen-bond acceptors (Lipinski definition) is 2. The van der Waals surface area contributed by atoms with Gasteiger partial charge in [-0.25, -0.2) is 3.97 Å². The van der Waals surface area contributed by atoms with Crippen molar-refractivity contribution >= 4 is 36.9 Å². The number of aromatic nitrogens is 1. The quantitative estimate of drug-likeness (QED) is 0.807. The molecule has 0 N–H and O–H groups in total. The minimum atomic E-state index is -5.38. The SMILES string of the molecule is O=S(=O)(n1ccc2c(Br)cccc21)C(F)(F)F. The molecule has 3 nitrogen and oxygen atoms in total. The summed E-state index contributed by atoms with van der Waals surface area (Å²) < 4.78 is 60.5. The van der Waals surface area contributed by atoms with Gasteiger partial charge >= 0.3 is 15.5 Å². The Morgan fingerprint density at radius 2 is 1.82 bits per heavy atom. The third kappa shape index (κ3) is 1.85. The molecule has 1 heterocycles. The number of nitrogens with zero attached hydrogens (tertiary/aromatic N) is 1. The van der Waals surface area contributed by atoms with Crippen LogP contribution >= 0.6 is 15.9 Å². The summed E-state index contributed by atoms with van der Waals surface area (Å²) in [7, 11) is -5.38. The van der Waals surface area contributed by atoms with Crippen molar-refractivity contribution in [3.8, 4) is 0 Å². The third-order valence-electron chi connectivity index (χ3n) is 2.20. The Balaban J connectivity index is 2.79. The highest BCUT2D eigenvalue weighted by molar-refractivity contribution is 9.10. The lowest BCUT2D eigenvalue weighted by atomic mass is 10.3. The first-order valence-electron chi connectivity index (χ1n) is 4.32. The van der Waals surface area contributed by atoms with E-state index in [1.54, 1.807) is 6.07 Å². The predicted octanol–water partition coefficient (Wildman–Crippen LogP) is 3.10. The number of halogens is 4. The van der Waals surface area contributed by atoms with Gasteiger partial charge in [0.25, 0.3) is 0 Å². The summed E-state index contributed by atoms with van der Waals surface area (Å²) >= 11 is 3.14. The van der Waals surface area contributed by atoms with Crippen LogP contribution in [0.2, 0.25) is 0 Å². The largest absolute Gasteiger partial charge is 0.517 e. The van der Waals surface area contributed by atoms with Crippen LogP contribution in [0.1, 0.15) is 0 Å². The average Bonchev–Trinajstić information content (AvgIpc) is 2.61. The van der Waals surface area contributed by atoms with Gasteiger partial charge in [-0.15, -0.1) is 0 Å². The van der Waals surface area contributed by atoms with E-state index in [9.17, 15) is 21.6 Å². The summed E-state index contributed by atoms with van der Waals surface area (Å²) in [6.07, 6.45) is 0.887. The molecule has 0 radical (unpaired) electrons. The van der Waals surface area contributed by atoms with Crippen LogP contribution in [0.25, 0.3) is 10.9 Å². The number of hydrogen-bond donors (Lipinski definition) is 0. The van der Waals surface area contributed by atoms with Crippen LogP contribution in [0.4, 0.5) is 13.2 Å². The Bertz CT molecular complexity index is 675. The van der Waals surface area contributed by atoms with E-state index in [2.05, 4.69) is 15.9 Å². The van der Waals surface area contributed by atoms with Crippen molar-refractivity contribution in [3.05, 3.63) is 34.9 Å². The minimum absolute atomic E-state index is 0.0169. The van der Waals surface area contributed by atoms with E-state index < -0.39 is 15.5 Å².